The highest BCUT2D eigenvalue weighted by molar-refractivity contribution is 9.10. The molecule has 2 aromatic carbocycles. The Balaban J connectivity index is 2.04. The molecular formula is C18H19BrClNO2. The standard InChI is InChI=1S/C18H19BrClNO2/c1-11(2)14-6-4-5-7-16(14)21-17(22)10-23-18-12(3)8-13(19)9-15(18)20/h4-9,11H,10H2,1-3H3,(H,21,22). The third-order valence-corrected chi connectivity index (χ3v) is 4.14. The SMILES string of the molecule is Cc1cc(Br)cc(Cl)c1OCC(=O)Nc1ccccc1C(C)C. The molecule has 5 heteroatoms. The monoisotopic (exact) mass is 395 g/mol. The van der Waals surface area contributed by atoms with Crippen LogP contribution in [0.3, 0.4) is 0 Å². The maximum absolute atomic E-state index is 12.2. The second-order valence-electron chi connectivity index (χ2n) is 5.61. The third-order valence-electron chi connectivity index (χ3n) is 3.40. The second-order valence-corrected chi connectivity index (χ2v) is 6.94. The molecule has 0 fully saturated rings. The first kappa shape index (κ1) is 17.8. The van der Waals surface area contributed by atoms with Crippen LogP contribution in [-0.2, 0) is 4.79 Å². The van der Waals surface area contributed by atoms with Crippen molar-refractivity contribution in [3.05, 3.63) is 57.0 Å². The summed E-state index contributed by atoms with van der Waals surface area (Å²) in [4.78, 5) is 12.2. The van der Waals surface area contributed by atoms with Crippen molar-refractivity contribution in [1.82, 2.24) is 0 Å². The summed E-state index contributed by atoms with van der Waals surface area (Å²) < 4.78 is 6.47. The summed E-state index contributed by atoms with van der Waals surface area (Å²) in [5.74, 6) is 0.647. The van der Waals surface area contributed by atoms with Gasteiger partial charge in [0.15, 0.2) is 6.61 Å². The van der Waals surface area contributed by atoms with Crippen LogP contribution in [-0.4, -0.2) is 12.5 Å². The lowest BCUT2D eigenvalue weighted by Crippen LogP contribution is -2.21. The molecule has 0 aliphatic carbocycles. The lowest BCUT2D eigenvalue weighted by molar-refractivity contribution is -0.118. The average molecular weight is 397 g/mol. The van der Waals surface area contributed by atoms with Gasteiger partial charge in [-0.2, -0.15) is 0 Å². The fourth-order valence-corrected chi connectivity index (χ4v) is 3.34. The highest BCUT2D eigenvalue weighted by Crippen LogP contribution is 2.32. The number of anilines is 1. The van der Waals surface area contributed by atoms with Crippen LogP contribution in [0.15, 0.2) is 40.9 Å². The molecule has 23 heavy (non-hydrogen) atoms. The largest absolute Gasteiger partial charge is 0.482 e. The van der Waals surface area contributed by atoms with Gasteiger partial charge >= 0.3 is 0 Å². The minimum atomic E-state index is -0.212. The molecule has 0 bridgehead atoms. The molecule has 122 valence electrons. The lowest BCUT2D eigenvalue weighted by atomic mass is 10.0. The Labute approximate surface area is 150 Å². The zero-order chi connectivity index (χ0) is 17.0. The Morgan fingerprint density at radius 2 is 2.00 bits per heavy atom. The Morgan fingerprint density at radius 3 is 2.65 bits per heavy atom. The Bertz CT molecular complexity index is 693. The topological polar surface area (TPSA) is 38.3 Å². The molecule has 2 rings (SSSR count). The van der Waals surface area contributed by atoms with E-state index in [1.165, 1.54) is 0 Å². The van der Waals surface area contributed by atoms with E-state index >= 15 is 0 Å². The minimum Gasteiger partial charge on any atom is -0.482 e. The molecule has 0 spiro atoms. The van der Waals surface area contributed by atoms with Crippen molar-refractivity contribution < 1.29 is 9.53 Å². The zero-order valence-electron chi connectivity index (χ0n) is 13.3. The van der Waals surface area contributed by atoms with Crippen molar-refractivity contribution in [1.29, 1.82) is 0 Å². The van der Waals surface area contributed by atoms with Gasteiger partial charge in [-0.3, -0.25) is 4.79 Å². The third kappa shape index (κ3) is 4.72. The molecule has 0 unspecified atom stereocenters. The highest BCUT2D eigenvalue weighted by atomic mass is 79.9. The molecular weight excluding hydrogens is 378 g/mol. The number of benzene rings is 2. The van der Waals surface area contributed by atoms with E-state index in [1.54, 1.807) is 6.07 Å². The Morgan fingerprint density at radius 1 is 1.30 bits per heavy atom. The van der Waals surface area contributed by atoms with Gasteiger partial charge in [0.1, 0.15) is 5.75 Å². The van der Waals surface area contributed by atoms with Gasteiger partial charge in [0.05, 0.1) is 5.02 Å². The van der Waals surface area contributed by atoms with E-state index in [0.29, 0.717) is 16.7 Å². The van der Waals surface area contributed by atoms with Crippen molar-refractivity contribution in [2.45, 2.75) is 26.7 Å². The fourth-order valence-electron chi connectivity index (χ4n) is 2.31. The second kappa shape index (κ2) is 7.84. The first-order valence-electron chi connectivity index (χ1n) is 7.35. The van der Waals surface area contributed by atoms with Gasteiger partial charge < -0.3 is 10.1 Å². The molecule has 0 aliphatic rings. The molecule has 2 aromatic rings. The van der Waals surface area contributed by atoms with Crippen LogP contribution in [0.5, 0.6) is 5.75 Å². The van der Waals surface area contributed by atoms with E-state index in [9.17, 15) is 4.79 Å². The van der Waals surface area contributed by atoms with Gasteiger partial charge in [-0.05, 0) is 42.2 Å². The van der Waals surface area contributed by atoms with Gasteiger partial charge in [0.25, 0.3) is 5.91 Å². The number of rotatable bonds is 5. The predicted octanol–water partition coefficient (Wildman–Crippen LogP) is 5.55. The van der Waals surface area contributed by atoms with Crippen LogP contribution in [0.2, 0.25) is 5.02 Å². The quantitative estimate of drug-likeness (QED) is 0.719. The normalized spacial score (nSPS) is 10.7. The number of ether oxygens (including phenoxy) is 1. The summed E-state index contributed by atoms with van der Waals surface area (Å²) >= 11 is 9.53. The van der Waals surface area contributed by atoms with Gasteiger partial charge in [0, 0.05) is 10.2 Å². The first-order valence-corrected chi connectivity index (χ1v) is 8.52. The number of hydrogen-bond acceptors (Lipinski definition) is 2. The number of para-hydroxylation sites is 1. The molecule has 0 aromatic heterocycles. The first-order chi connectivity index (χ1) is 10.9. The summed E-state index contributed by atoms with van der Waals surface area (Å²) in [7, 11) is 0. The molecule has 3 nitrogen and oxygen atoms in total. The van der Waals surface area contributed by atoms with E-state index in [0.717, 1.165) is 21.3 Å². The zero-order valence-corrected chi connectivity index (χ0v) is 15.7. The van der Waals surface area contributed by atoms with Gasteiger partial charge in [-0.25, -0.2) is 0 Å². The molecule has 0 heterocycles. The minimum absolute atomic E-state index is 0.0887. The molecule has 0 aliphatic heterocycles. The maximum atomic E-state index is 12.2. The summed E-state index contributed by atoms with van der Waals surface area (Å²) in [5, 5.41) is 3.38. The van der Waals surface area contributed by atoms with Crippen molar-refractivity contribution in [3.63, 3.8) is 0 Å². The van der Waals surface area contributed by atoms with Crippen molar-refractivity contribution in [2.75, 3.05) is 11.9 Å². The number of nitrogens with one attached hydrogen (secondary N) is 1. The van der Waals surface area contributed by atoms with Crippen LogP contribution in [0.25, 0.3) is 0 Å². The van der Waals surface area contributed by atoms with Crippen LogP contribution >= 0.6 is 27.5 Å². The molecule has 0 atom stereocenters. The van der Waals surface area contributed by atoms with Crippen LogP contribution < -0.4 is 10.1 Å². The molecule has 0 saturated heterocycles. The highest BCUT2D eigenvalue weighted by Gasteiger charge is 2.12. The van der Waals surface area contributed by atoms with Gasteiger partial charge in [-0.1, -0.05) is 59.6 Å². The van der Waals surface area contributed by atoms with Crippen LogP contribution in [0.4, 0.5) is 5.69 Å². The number of carbonyl (C=O) groups excluding carboxylic acids is 1. The summed E-state index contributed by atoms with van der Waals surface area (Å²) in [6, 6.07) is 11.4. The number of aryl methyl sites for hydroxylation is 1. The molecule has 0 radical (unpaired) electrons. The fraction of sp³-hybridized carbons (Fsp3) is 0.278. The summed E-state index contributed by atoms with van der Waals surface area (Å²) in [5.41, 5.74) is 2.79. The lowest BCUT2D eigenvalue weighted by Gasteiger charge is -2.15. The van der Waals surface area contributed by atoms with E-state index in [1.807, 2.05) is 37.3 Å². The van der Waals surface area contributed by atoms with Crippen molar-refractivity contribution in [3.8, 4) is 5.75 Å². The number of carbonyl (C=O) groups is 1. The maximum Gasteiger partial charge on any atom is 0.262 e. The Kier molecular flexibility index (Phi) is 6.08. The van der Waals surface area contributed by atoms with Crippen LogP contribution in [0.1, 0.15) is 30.9 Å². The van der Waals surface area contributed by atoms with Crippen molar-refractivity contribution >= 4 is 39.1 Å². The summed E-state index contributed by atoms with van der Waals surface area (Å²) in [6.45, 7) is 5.98. The number of amides is 1. The molecule has 0 saturated carbocycles. The Hall–Kier alpha value is -1.52. The number of hydrogen-bond donors (Lipinski definition) is 1. The molecule has 1 N–H and O–H groups in total. The predicted molar refractivity (Wildman–Crippen MR) is 98.5 cm³/mol. The van der Waals surface area contributed by atoms with Crippen LogP contribution in [0, 0.1) is 6.92 Å². The average Bonchev–Trinajstić information content (AvgIpc) is 2.46. The smallest absolute Gasteiger partial charge is 0.262 e. The number of halogens is 2. The van der Waals surface area contributed by atoms with Gasteiger partial charge in [-0.15, -0.1) is 0 Å². The molecule has 1 amide bonds. The summed E-state index contributed by atoms with van der Waals surface area (Å²) in [6.07, 6.45) is 0. The van der Waals surface area contributed by atoms with E-state index in [4.69, 9.17) is 16.3 Å². The van der Waals surface area contributed by atoms with E-state index in [2.05, 4.69) is 35.1 Å². The van der Waals surface area contributed by atoms with E-state index in [-0.39, 0.29) is 12.5 Å². The van der Waals surface area contributed by atoms with Gasteiger partial charge in [0.2, 0.25) is 0 Å². The van der Waals surface area contributed by atoms with E-state index < -0.39 is 0 Å². The van der Waals surface area contributed by atoms with Crippen molar-refractivity contribution in [2.24, 2.45) is 0 Å².